The summed E-state index contributed by atoms with van der Waals surface area (Å²) in [4.78, 5) is 0. The van der Waals surface area contributed by atoms with Crippen molar-refractivity contribution in [2.75, 3.05) is 13.7 Å². The summed E-state index contributed by atoms with van der Waals surface area (Å²) in [5.41, 5.74) is 1.40. The molecule has 0 aromatic heterocycles. The fraction of sp³-hybridized carbons (Fsp3) is 0.875. The highest BCUT2D eigenvalue weighted by molar-refractivity contribution is 5.10. The fourth-order valence-corrected chi connectivity index (χ4v) is 3.00. The van der Waals surface area contributed by atoms with Gasteiger partial charge in [-0.05, 0) is 39.7 Å². The highest BCUT2D eigenvalue weighted by atomic mass is 16.5. The third kappa shape index (κ3) is 4.40. The molecule has 18 heavy (non-hydrogen) atoms. The molecule has 0 amide bonds. The largest absolute Gasteiger partial charge is 0.376 e. The van der Waals surface area contributed by atoms with Crippen LogP contribution in [-0.2, 0) is 4.74 Å². The Morgan fingerprint density at radius 3 is 2.28 bits per heavy atom. The zero-order chi connectivity index (χ0) is 13.4. The summed E-state index contributed by atoms with van der Waals surface area (Å²) < 4.78 is 6.01. The van der Waals surface area contributed by atoms with Crippen LogP contribution in [0.3, 0.4) is 0 Å². The predicted octanol–water partition coefficient (Wildman–Crippen LogP) is 4.06. The van der Waals surface area contributed by atoms with Crippen molar-refractivity contribution in [2.45, 2.75) is 77.4 Å². The maximum Gasteiger partial charge on any atom is 0.0866 e. The van der Waals surface area contributed by atoms with Crippen LogP contribution in [0.5, 0.6) is 0 Å². The molecule has 2 heteroatoms. The molecule has 2 nitrogen and oxygen atoms in total. The van der Waals surface area contributed by atoms with Crippen LogP contribution in [0, 0.1) is 0 Å². The molecule has 1 aliphatic carbocycles. The monoisotopic (exact) mass is 253 g/mol. The predicted molar refractivity (Wildman–Crippen MR) is 79.0 cm³/mol. The molecule has 0 aromatic rings. The zero-order valence-corrected chi connectivity index (χ0v) is 12.7. The summed E-state index contributed by atoms with van der Waals surface area (Å²) in [7, 11) is 1.89. The van der Waals surface area contributed by atoms with E-state index in [2.05, 4.69) is 32.2 Å². The van der Waals surface area contributed by atoms with Gasteiger partial charge >= 0.3 is 0 Å². The van der Waals surface area contributed by atoms with Crippen molar-refractivity contribution in [3.05, 3.63) is 11.6 Å². The second-order valence-corrected chi connectivity index (χ2v) is 5.86. The molecule has 1 N–H and O–H groups in total. The molecule has 0 radical (unpaired) electrons. The number of rotatable bonds is 6. The number of nitrogens with one attached hydrogen (secondary N) is 1. The lowest BCUT2D eigenvalue weighted by molar-refractivity contribution is -0.0408. The van der Waals surface area contributed by atoms with Crippen LogP contribution < -0.4 is 5.32 Å². The Labute approximate surface area is 113 Å². The Hall–Kier alpha value is -0.340. The summed E-state index contributed by atoms with van der Waals surface area (Å²) in [6.07, 6.45) is 11.2. The van der Waals surface area contributed by atoms with Gasteiger partial charge in [-0.25, -0.2) is 0 Å². The molecule has 106 valence electrons. The van der Waals surface area contributed by atoms with Crippen LogP contribution in [0.25, 0.3) is 0 Å². The molecule has 1 atom stereocenters. The molecule has 0 spiro atoms. The Kier molecular flexibility index (Phi) is 6.95. The molecule has 1 unspecified atom stereocenters. The van der Waals surface area contributed by atoms with Crippen LogP contribution >= 0.6 is 0 Å². The third-order valence-electron chi connectivity index (χ3n) is 4.04. The first kappa shape index (κ1) is 15.7. The van der Waals surface area contributed by atoms with E-state index in [-0.39, 0.29) is 5.60 Å². The van der Waals surface area contributed by atoms with Crippen LogP contribution in [0.4, 0.5) is 0 Å². The number of ether oxygens (including phenoxy) is 1. The van der Waals surface area contributed by atoms with Crippen molar-refractivity contribution in [3.63, 3.8) is 0 Å². The Morgan fingerprint density at radius 1 is 1.22 bits per heavy atom. The van der Waals surface area contributed by atoms with Gasteiger partial charge in [0, 0.05) is 7.11 Å². The van der Waals surface area contributed by atoms with Gasteiger partial charge < -0.3 is 10.1 Å². The quantitative estimate of drug-likeness (QED) is 0.569. The molecule has 1 rings (SSSR count). The summed E-state index contributed by atoms with van der Waals surface area (Å²) in [6.45, 7) is 7.65. The van der Waals surface area contributed by atoms with Crippen molar-refractivity contribution in [2.24, 2.45) is 0 Å². The molecular formula is C16H31NO. The normalized spacial score (nSPS) is 21.1. The molecule has 0 aliphatic heterocycles. The number of methoxy groups -OCH3 is 1. The zero-order valence-electron chi connectivity index (χ0n) is 12.7. The van der Waals surface area contributed by atoms with Gasteiger partial charge in [0.15, 0.2) is 0 Å². The second kappa shape index (κ2) is 7.96. The molecule has 0 aromatic carbocycles. The first-order valence-electron chi connectivity index (χ1n) is 7.58. The van der Waals surface area contributed by atoms with E-state index in [9.17, 15) is 0 Å². The van der Waals surface area contributed by atoms with Gasteiger partial charge in [0.25, 0.3) is 0 Å². The van der Waals surface area contributed by atoms with E-state index in [1.54, 1.807) is 0 Å². The highest BCUT2D eigenvalue weighted by Gasteiger charge is 2.37. The lowest BCUT2D eigenvalue weighted by Crippen LogP contribution is -2.51. The van der Waals surface area contributed by atoms with E-state index in [1.165, 1.54) is 50.5 Å². The van der Waals surface area contributed by atoms with Crippen LogP contribution in [0.2, 0.25) is 0 Å². The first-order valence-corrected chi connectivity index (χ1v) is 7.58. The van der Waals surface area contributed by atoms with Gasteiger partial charge in [0.1, 0.15) is 0 Å². The van der Waals surface area contributed by atoms with Crippen molar-refractivity contribution in [1.82, 2.24) is 5.32 Å². The molecule has 0 saturated heterocycles. The fourth-order valence-electron chi connectivity index (χ4n) is 3.00. The lowest BCUT2D eigenvalue weighted by atomic mass is 9.85. The van der Waals surface area contributed by atoms with Crippen molar-refractivity contribution >= 4 is 0 Å². The van der Waals surface area contributed by atoms with Gasteiger partial charge in [-0.15, -0.1) is 0 Å². The van der Waals surface area contributed by atoms with E-state index >= 15 is 0 Å². The van der Waals surface area contributed by atoms with Gasteiger partial charge in [-0.1, -0.05) is 44.3 Å². The second-order valence-electron chi connectivity index (χ2n) is 5.86. The van der Waals surface area contributed by atoms with Gasteiger partial charge in [0.05, 0.1) is 11.6 Å². The molecule has 1 saturated carbocycles. The lowest BCUT2D eigenvalue weighted by Gasteiger charge is -2.38. The SMILES string of the molecule is CCCNC(C=C(C)C)C1(OC)CCCCCC1. The minimum Gasteiger partial charge on any atom is -0.376 e. The number of hydrogen-bond acceptors (Lipinski definition) is 2. The number of hydrogen-bond donors (Lipinski definition) is 1. The maximum atomic E-state index is 6.01. The van der Waals surface area contributed by atoms with Gasteiger partial charge in [-0.3, -0.25) is 0 Å². The summed E-state index contributed by atoms with van der Waals surface area (Å²) in [5, 5.41) is 3.69. The van der Waals surface area contributed by atoms with Gasteiger partial charge in [-0.2, -0.15) is 0 Å². The highest BCUT2D eigenvalue weighted by Crippen LogP contribution is 2.34. The minimum atomic E-state index is 0.0168. The van der Waals surface area contributed by atoms with E-state index in [1.807, 2.05) is 7.11 Å². The van der Waals surface area contributed by atoms with Crippen LogP contribution in [0.15, 0.2) is 11.6 Å². The topological polar surface area (TPSA) is 21.3 Å². The van der Waals surface area contributed by atoms with Crippen LogP contribution in [-0.4, -0.2) is 25.3 Å². The van der Waals surface area contributed by atoms with Crippen molar-refractivity contribution in [1.29, 1.82) is 0 Å². The molecule has 0 heterocycles. The van der Waals surface area contributed by atoms with Gasteiger partial charge in [0.2, 0.25) is 0 Å². The molecular weight excluding hydrogens is 222 g/mol. The third-order valence-corrected chi connectivity index (χ3v) is 4.04. The van der Waals surface area contributed by atoms with Crippen molar-refractivity contribution < 1.29 is 4.74 Å². The summed E-state index contributed by atoms with van der Waals surface area (Å²) >= 11 is 0. The first-order chi connectivity index (χ1) is 8.64. The maximum absolute atomic E-state index is 6.01. The minimum absolute atomic E-state index is 0.0168. The molecule has 0 bridgehead atoms. The Balaban J connectivity index is 2.85. The summed E-state index contributed by atoms with van der Waals surface area (Å²) in [6, 6.07) is 0.366. The Bertz CT molecular complexity index is 248. The van der Waals surface area contributed by atoms with Crippen molar-refractivity contribution in [3.8, 4) is 0 Å². The summed E-state index contributed by atoms with van der Waals surface area (Å²) in [5.74, 6) is 0. The van der Waals surface area contributed by atoms with E-state index in [0.717, 1.165) is 6.54 Å². The standard InChI is InChI=1S/C16H31NO/c1-5-12-17-15(13-14(2)3)16(18-4)10-8-6-7-9-11-16/h13,15,17H,5-12H2,1-4H3. The average Bonchev–Trinajstić information content (AvgIpc) is 2.60. The van der Waals surface area contributed by atoms with E-state index < -0.39 is 0 Å². The molecule has 1 aliphatic rings. The Morgan fingerprint density at radius 2 is 1.83 bits per heavy atom. The average molecular weight is 253 g/mol. The van der Waals surface area contributed by atoms with E-state index in [0.29, 0.717) is 6.04 Å². The van der Waals surface area contributed by atoms with E-state index in [4.69, 9.17) is 4.74 Å². The smallest absolute Gasteiger partial charge is 0.0866 e. The van der Waals surface area contributed by atoms with Crippen LogP contribution in [0.1, 0.15) is 65.7 Å². The number of allylic oxidation sites excluding steroid dienone is 1. The molecule has 1 fully saturated rings.